The number of thioether (sulfide) groups is 1. The highest BCUT2D eigenvalue weighted by atomic mass is 32.2. The SMILES string of the molecule is CSCCC(NC(=O)COc1ccc2c(c1)OC(=Cc1ccc(F)cc1)C2=O)C(=O)O. The zero-order chi connectivity index (χ0) is 22.4. The Balaban J connectivity index is 1.62. The molecule has 1 amide bonds. The summed E-state index contributed by atoms with van der Waals surface area (Å²) in [6.07, 6.45) is 3.67. The third-order valence-corrected chi connectivity index (χ3v) is 5.07. The Kier molecular flexibility index (Phi) is 7.30. The van der Waals surface area contributed by atoms with Gasteiger partial charge in [-0.05, 0) is 54.3 Å². The molecular formula is C22H20FNO6S. The van der Waals surface area contributed by atoms with Crippen LogP contribution >= 0.6 is 11.8 Å². The van der Waals surface area contributed by atoms with Crippen LogP contribution in [0, 0.1) is 5.82 Å². The van der Waals surface area contributed by atoms with Crippen LogP contribution in [0.15, 0.2) is 48.2 Å². The maximum atomic E-state index is 13.0. The van der Waals surface area contributed by atoms with E-state index in [-0.39, 0.29) is 29.7 Å². The van der Waals surface area contributed by atoms with Crippen molar-refractivity contribution in [3.63, 3.8) is 0 Å². The minimum absolute atomic E-state index is 0.0922. The third kappa shape index (κ3) is 5.85. The number of hydrogen-bond donors (Lipinski definition) is 2. The van der Waals surface area contributed by atoms with Crippen molar-refractivity contribution in [3.05, 3.63) is 65.2 Å². The molecule has 31 heavy (non-hydrogen) atoms. The van der Waals surface area contributed by atoms with Gasteiger partial charge in [-0.25, -0.2) is 9.18 Å². The van der Waals surface area contributed by atoms with Gasteiger partial charge in [0, 0.05) is 6.07 Å². The average Bonchev–Trinajstić information content (AvgIpc) is 3.05. The van der Waals surface area contributed by atoms with E-state index in [1.807, 2.05) is 6.26 Å². The van der Waals surface area contributed by atoms with Gasteiger partial charge in [0.15, 0.2) is 12.4 Å². The molecule has 2 aromatic rings. The lowest BCUT2D eigenvalue weighted by Gasteiger charge is -2.14. The molecule has 1 unspecified atom stereocenters. The molecule has 1 atom stereocenters. The third-order valence-electron chi connectivity index (χ3n) is 4.42. The highest BCUT2D eigenvalue weighted by molar-refractivity contribution is 7.98. The Bertz CT molecular complexity index is 1020. The average molecular weight is 445 g/mol. The van der Waals surface area contributed by atoms with Crippen LogP contribution in [0.2, 0.25) is 0 Å². The standard InChI is InChI=1S/C22H20FNO6S/c1-31-9-8-17(22(27)28)24-20(25)12-29-15-6-7-16-18(11-15)30-19(21(16)26)10-13-2-4-14(23)5-3-13/h2-7,10-11,17H,8-9,12H2,1H3,(H,24,25)(H,27,28). The molecule has 1 aliphatic heterocycles. The molecule has 0 aromatic heterocycles. The first-order chi connectivity index (χ1) is 14.9. The Labute approximate surface area is 182 Å². The molecule has 2 aromatic carbocycles. The molecule has 0 aliphatic carbocycles. The van der Waals surface area contributed by atoms with Crippen molar-refractivity contribution >= 4 is 35.5 Å². The summed E-state index contributed by atoms with van der Waals surface area (Å²) in [5.74, 6) is -1.11. The largest absolute Gasteiger partial charge is 0.484 e. The van der Waals surface area contributed by atoms with Crippen molar-refractivity contribution in [2.45, 2.75) is 12.5 Å². The van der Waals surface area contributed by atoms with Crippen LogP contribution in [0.4, 0.5) is 4.39 Å². The zero-order valence-electron chi connectivity index (χ0n) is 16.6. The molecule has 162 valence electrons. The second kappa shape index (κ2) is 10.1. The van der Waals surface area contributed by atoms with Gasteiger partial charge in [0.05, 0.1) is 5.56 Å². The van der Waals surface area contributed by atoms with Crippen LogP contribution in [0.3, 0.4) is 0 Å². The van der Waals surface area contributed by atoms with E-state index in [1.165, 1.54) is 60.3 Å². The molecular weight excluding hydrogens is 425 g/mol. The smallest absolute Gasteiger partial charge is 0.326 e. The van der Waals surface area contributed by atoms with Gasteiger partial charge in [-0.2, -0.15) is 11.8 Å². The number of ether oxygens (including phenoxy) is 2. The van der Waals surface area contributed by atoms with Crippen molar-refractivity contribution in [2.75, 3.05) is 18.6 Å². The van der Waals surface area contributed by atoms with Gasteiger partial charge >= 0.3 is 5.97 Å². The van der Waals surface area contributed by atoms with Crippen LogP contribution < -0.4 is 14.8 Å². The van der Waals surface area contributed by atoms with Gasteiger partial charge in [0.1, 0.15) is 23.4 Å². The molecule has 0 bridgehead atoms. The van der Waals surface area contributed by atoms with Crippen LogP contribution in [0.1, 0.15) is 22.3 Å². The van der Waals surface area contributed by atoms with Crippen molar-refractivity contribution < 1.29 is 33.4 Å². The second-order valence-electron chi connectivity index (χ2n) is 6.68. The number of Topliss-reactive ketones (excluding diaryl/α,β-unsaturated/α-hetero) is 1. The Morgan fingerprint density at radius 1 is 1.26 bits per heavy atom. The van der Waals surface area contributed by atoms with Gasteiger partial charge in [0.2, 0.25) is 5.78 Å². The molecule has 0 saturated carbocycles. The lowest BCUT2D eigenvalue weighted by Crippen LogP contribution is -2.43. The van der Waals surface area contributed by atoms with Crippen molar-refractivity contribution in [3.8, 4) is 11.5 Å². The fraction of sp³-hybridized carbons (Fsp3) is 0.227. The number of fused-ring (bicyclic) bond motifs is 1. The number of amides is 1. The normalized spacial score (nSPS) is 14.6. The summed E-state index contributed by atoms with van der Waals surface area (Å²) in [4.78, 5) is 35.7. The van der Waals surface area contributed by atoms with Gasteiger partial charge in [0.25, 0.3) is 5.91 Å². The number of carboxylic acids is 1. The van der Waals surface area contributed by atoms with Crippen LogP contribution in [-0.2, 0) is 9.59 Å². The summed E-state index contributed by atoms with van der Waals surface area (Å²) in [7, 11) is 0. The molecule has 1 heterocycles. The van der Waals surface area contributed by atoms with E-state index in [4.69, 9.17) is 9.47 Å². The fourth-order valence-corrected chi connectivity index (χ4v) is 3.32. The maximum Gasteiger partial charge on any atom is 0.326 e. The lowest BCUT2D eigenvalue weighted by molar-refractivity contribution is -0.142. The van der Waals surface area contributed by atoms with Gasteiger partial charge < -0.3 is 19.9 Å². The van der Waals surface area contributed by atoms with E-state index < -0.39 is 17.9 Å². The molecule has 2 N–H and O–H groups in total. The van der Waals surface area contributed by atoms with E-state index >= 15 is 0 Å². The second-order valence-corrected chi connectivity index (χ2v) is 7.66. The van der Waals surface area contributed by atoms with Crippen molar-refractivity contribution in [2.24, 2.45) is 0 Å². The molecule has 9 heteroatoms. The summed E-state index contributed by atoms with van der Waals surface area (Å²) in [6, 6.07) is 9.17. The fourth-order valence-electron chi connectivity index (χ4n) is 2.85. The van der Waals surface area contributed by atoms with Crippen molar-refractivity contribution in [1.82, 2.24) is 5.32 Å². The van der Waals surface area contributed by atoms with Crippen LogP contribution in [-0.4, -0.2) is 47.4 Å². The Hall–Kier alpha value is -3.33. The highest BCUT2D eigenvalue weighted by Gasteiger charge is 2.28. The van der Waals surface area contributed by atoms with Crippen molar-refractivity contribution in [1.29, 1.82) is 0 Å². The first-order valence-electron chi connectivity index (χ1n) is 9.35. The van der Waals surface area contributed by atoms with E-state index in [0.29, 0.717) is 29.1 Å². The first-order valence-corrected chi connectivity index (χ1v) is 10.7. The number of carbonyl (C=O) groups excluding carboxylic acids is 2. The molecule has 0 saturated heterocycles. The molecule has 1 aliphatic rings. The van der Waals surface area contributed by atoms with E-state index in [2.05, 4.69) is 5.32 Å². The predicted molar refractivity (Wildman–Crippen MR) is 114 cm³/mol. The number of allylic oxidation sites excluding steroid dienone is 1. The highest BCUT2D eigenvalue weighted by Crippen LogP contribution is 2.34. The minimum Gasteiger partial charge on any atom is -0.484 e. The number of halogens is 1. The van der Waals surface area contributed by atoms with Gasteiger partial charge in [-0.1, -0.05) is 12.1 Å². The quantitative estimate of drug-likeness (QED) is 0.572. The number of carbonyl (C=O) groups is 3. The Morgan fingerprint density at radius 3 is 2.68 bits per heavy atom. The molecule has 7 nitrogen and oxygen atoms in total. The summed E-state index contributed by atoms with van der Waals surface area (Å²) < 4.78 is 24.1. The van der Waals surface area contributed by atoms with Gasteiger partial charge in [-0.3, -0.25) is 9.59 Å². The summed E-state index contributed by atoms with van der Waals surface area (Å²) in [6.45, 7) is -0.381. The number of benzene rings is 2. The van der Waals surface area contributed by atoms with Gasteiger partial charge in [-0.15, -0.1) is 0 Å². The molecule has 0 radical (unpaired) electrons. The topological polar surface area (TPSA) is 102 Å². The predicted octanol–water partition coefficient (Wildman–Crippen LogP) is 3.14. The number of rotatable bonds is 9. The monoisotopic (exact) mass is 445 g/mol. The lowest BCUT2D eigenvalue weighted by atomic mass is 10.1. The number of ketones is 1. The maximum absolute atomic E-state index is 13.0. The summed E-state index contributed by atoms with van der Waals surface area (Å²) in [5, 5.41) is 11.6. The Morgan fingerprint density at radius 2 is 2.00 bits per heavy atom. The molecule has 0 fully saturated rings. The van der Waals surface area contributed by atoms with E-state index in [0.717, 1.165) is 0 Å². The minimum atomic E-state index is -1.10. The number of hydrogen-bond acceptors (Lipinski definition) is 6. The first kappa shape index (κ1) is 22.4. The van der Waals surface area contributed by atoms with Crippen LogP contribution in [0.5, 0.6) is 11.5 Å². The molecule has 0 spiro atoms. The van der Waals surface area contributed by atoms with E-state index in [1.54, 1.807) is 0 Å². The summed E-state index contributed by atoms with van der Waals surface area (Å²) >= 11 is 1.49. The van der Waals surface area contributed by atoms with E-state index in [9.17, 15) is 23.9 Å². The molecule has 3 rings (SSSR count). The van der Waals surface area contributed by atoms with Crippen LogP contribution in [0.25, 0.3) is 6.08 Å². The number of nitrogens with one attached hydrogen (secondary N) is 1. The number of aliphatic carboxylic acids is 1. The number of carboxylic acid groups (broad SMARTS) is 1. The zero-order valence-corrected chi connectivity index (χ0v) is 17.4. The summed E-state index contributed by atoms with van der Waals surface area (Å²) in [5.41, 5.74) is 0.952.